The Morgan fingerprint density at radius 2 is 1.88 bits per heavy atom. The van der Waals surface area contributed by atoms with Crippen LogP contribution in [0.4, 0.5) is 0 Å². The lowest BCUT2D eigenvalue weighted by molar-refractivity contribution is 0.575. The Kier molecular flexibility index (Phi) is 2.86. The van der Waals surface area contributed by atoms with Crippen LogP contribution in [0.5, 0.6) is 0 Å². The van der Waals surface area contributed by atoms with Gasteiger partial charge >= 0.3 is 0 Å². The molecule has 0 radical (unpaired) electrons. The number of aromatic nitrogens is 3. The summed E-state index contributed by atoms with van der Waals surface area (Å²) in [6.07, 6.45) is 3.68. The van der Waals surface area contributed by atoms with E-state index in [1.54, 1.807) is 6.20 Å². The van der Waals surface area contributed by atoms with Crippen molar-refractivity contribution in [2.24, 2.45) is 0 Å². The zero-order valence-electron chi connectivity index (χ0n) is 11.2. The van der Waals surface area contributed by atoms with Gasteiger partial charge in [0.05, 0.1) is 11.7 Å². The molecule has 0 aliphatic rings. The van der Waals surface area contributed by atoms with Crippen molar-refractivity contribution in [3.05, 3.63) is 29.6 Å². The van der Waals surface area contributed by atoms with Crippen LogP contribution in [-0.4, -0.2) is 15.2 Å². The van der Waals surface area contributed by atoms with Crippen molar-refractivity contribution in [2.75, 3.05) is 0 Å². The first-order valence-corrected chi connectivity index (χ1v) is 6.02. The third-order valence-electron chi connectivity index (χ3n) is 2.96. The smallest absolute Gasteiger partial charge is 0.115 e. The third kappa shape index (κ3) is 2.14. The van der Waals surface area contributed by atoms with Crippen molar-refractivity contribution < 1.29 is 0 Å². The maximum absolute atomic E-state index is 4.49. The quantitative estimate of drug-likeness (QED) is 0.751. The highest BCUT2D eigenvalue weighted by molar-refractivity contribution is 5.79. The van der Waals surface area contributed by atoms with E-state index >= 15 is 0 Å². The summed E-state index contributed by atoms with van der Waals surface area (Å²) in [5.74, 6) is 0.423. The van der Waals surface area contributed by atoms with Crippen LogP contribution in [0, 0.1) is 0 Å². The second-order valence-corrected chi connectivity index (χ2v) is 5.76. The molecule has 2 heterocycles. The van der Waals surface area contributed by atoms with E-state index in [1.807, 2.05) is 12.3 Å². The largest absolute Gasteiger partial charge is 0.254 e. The maximum atomic E-state index is 4.49. The Bertz CT molecular complexity index is 539. The van der Waals surface area contributed by atoms with Crippen LogP contribution < -0.4 is 0 Å². The average Bonchev–Trinajstić information content (AvgIpc) is 2.26. The molecule has 0 saturated heterocycles. The van der Waals surface area contributed by atoms with Gasteiger partial charge < -0.3 is 0 Å². The first-order chi connectivity index (χ1) is 7.91. The number of pyridine rings is 1. The molecule has 0 bridgehead atoms. The predicted molar refractivity (Wildman–Crippen MR) is 70.1 cm³/mol. The van der Waals surface area contributed by atoms with Gasteiger partial charge in [0.2, 0.25) is 0 Å². The van der Waals surface area contributed by atoms with Gasteiger partial charge in [-0.2, -0.15) is 5.10 Å². The van der Waals surface area contributed by atoms with Gasteiger partial charge in [0.15, 0.2) is 0 Å². The van der Waals surface area contributed by atoms with E-state index in [2.05, 4.69) is 49.8 Å². The van der Waals surface area contributed by atoms with E-state index in [9.17, 15) is 0 Å². The summed E-state index contributed by atoms with van der Waals surface area (Å²) in [5, 5.41) is 8.25. The maximum Gasteiger partial charge on any atom is 0.115 e. The first-order valence-electron chi connectivity index (χ1n) is 6.02. The zero-order chi connectivity index (χ0) is 12.6. The van der Waals surface area contributed by atoms with Crippen molar-refractivity contribution in [2.45, 2.75) is 46.0 Å². The number of nitrogens with zero attached hydrogens (tertiary/aromatic N) is 3. The molecule has 0 N–H and O–H groups in total. The molecular weight excluding hydrogens is 210 g/mol. The molecule has 0 fully saturated rings. The molecule has 0 spiro atoms. The SMILES string of the molecule is CC(C)c1c(C(C)(C)C)cnc2ccnnc12. The summed E-state index contributed by atoms with van der Waals surface area (Å²) in [7, 11) is 0. The van der Waals surface area contributed by atoms with Crippen LogP contribution in [0.2, 0.25) is 0 Å². The monoisotopic (exact) mass is 229 g/mol. The molecule has 17 heavy (non-hydrogen) atoms. The highest BCUT2D eigenvalue weighted by Gasteiger charge is 2.22. The molecule has 0 aliphatic carbocycles. The molecule has 2 rings (SSSR count). The van der Waals surface area contributed by atoms with Crippen molar-refractivity contribution in [1.29, 1.82) is 0 Å². The molecule has 0 amide bonds. The Morgan fingerprint density at radius 3 is 2.47 bits per heavy atom. The number of hydrogen-bond donors (Lipinski definition) is 0. The lowest BCUT2D eigenvalue weighted by Gasteiger charge is -2.24. The van der Waals surface area contributed by atoms with Crippen molar-refractivity contribution in [3.8, 4) is 0 Å². The van der Waals surface area contributed by atoms with Crippen LogP contribution in [-0.2, 0) is 5.41 Å². The highest BCUT2D eigenvalue weighted by atomic mass is 15.1. The van der Waals surface area contributed by atoms with Gasteiger partial charge in [0, 0.05) is 6.20 Å². The molecule has 90 valence electrons. The van der Waals surface area contributed by atoms with E-state index in [4.69, 9.17) is 0 Å². The fourth-order valence-corrected chi connectivity index (χ4v) is 2.13. The standard InChI is InChI=1S/C14H19N3/c1-9(2)12-10(14(3,4)5)8-15-11-6-7-16-17-13(11)12/h6-9H,1-5H3. The number of rotatable bonds is 1. The van der Waals surface area contributed by atoms with Crippen molar-refractivity contribution >= 4 is 11.0 Å². The Morgan fingerprint density at radius 1 is 1.18 bits per heavy atom. The van der Waals surface area contributed by atoms with Crippen LogP contribution >= 0.6 is 0 Å². The second kappa shape index (κ2) is 4.06. The first kappa shape index (κ1) is 12.0. The number of hydrogen-bond acceptors (Lipinski definition) is 3. The van der Waals surface area contributed by atoms with Gasteiger partial charge in [-0.25, -0.2) is 0 Å². The Labute approximate surface area is 102 Å². The average molecular weight is 229 g/mol. The zero-order valence-corrected chi connectivity index (χ0v) is 11.2. The highest BCUT2D eigenvalue weighted by Crippen LogP contribution is 2.33. The fourth-order valence-electron chi connectivity index (χ4n) is 2.13. The fraction of sp³-hybridized carbons (Fsp3) is 0.500. The van der Waals surface area contributed by atoms with Crippen LogP contribution in [0.15, 0.2) is 18.5 Å². The molecule has 3 nitrogen and oxygen atoms in total. The van der Waals surface area contributed by atoms with E-state index in [-0.39, 0.29) is 5.41 Å². The molecule has 3 heteroatoms. The minimum absolute atomic E-state index is 0.0817. The van der Waals surface area contributed by atoms with Crippen molar-refractivity contribution in [3.63, 3.8) is 0 Å². The van der Waals surface area contributed by atoms with Crippen LogP contribution in [0.3, 0.4) is 0 Å². The Hall–Kier alpha value is -1.51. The molecule has 2 aromatic rings. The lowest BCUT2D eigenvalue weighted by atomic mass is 9.81. The van der Waals surface area contributed by atoms with E-state index in [0.29, 0.717) is 5.92 Å². The van der Waals surface area contributed by atoms with Crippen molar-refractivity contribution in [1.82, 2.24) is 15.2 Å². The summed E-state index contributed by atoms with van der Waals surface area (Å²) < 4.78 is 0. The van der Waals surface area contributed by atoms with Gasteiger partial charge in [-0.1, -0.05) is 34.6 Å². The van der Waals surface area contributed by atoms with Gasteiger partial charge in [-0.15, -0.1) is 5.10 Å². The van der Waals surface area contributed by atoms with E-state index in [1.165, 1.54) is 11.1 Å². The summed E-state index contributed by atoms with van der Waals surface area (Å²) in [6.45, 7) is 11.0. The second-order valence-electron chi connectivity index (χ2n) is 5.76. The van der Waals surface area contributed by atoms with Crippen LogP contribution in [0.1, 0.15) is 51.7 Å². The Balaban J connectivity index is 2.82. The third-order valence-corrected chi connectivity index (χ3v) is 2.96. The molecule has 0 aromatic carbocycles. The molecule has 0 atom stereocenters. The predicted octanol–water partition coefficient (Wildman–Crippen LogP) is 3.45. The summed E-state index contributed by atoms with van der Waals surface area (Å²) >= 11 is 0. The summed E-state index contributed by atoms with van der Waals surface area (Å²) in [6, 6.07) is 1.92. The molecule has 0 aliphatic heterocycles. The van der Waals surface area contributed by atoms with Gasteiger partial charge in [-0.05, 0) is 28.5 Å². The summed E-state index contributed by atoms with van der Waals surface area (Å²) in [4.78, 5) is 4.49. The van der Waals surface area contributed by atoms with E-state index in [0.717, 1.165) is 11.0 Å². The number of fused-ring (bicyclic) bond motifs is 1. The molecule has 0 saturated carbocycles. The minimum Gasteiger partial charge on any atom is -0.254 e. The molecule has 0 unspecified atom stereocenters. The van der Waals surface area contributed by atoms with E-state index < -0.39 is 0 Å². The van der Waals surface area contributed by atoms with Crippen LogP contribution in [0.25, 0.3) is 11.0 Å². The molecular formula is C14H19N3. The van der Waals surface area contributed by atoms with Gasteiger partial charge in [0.25, 0.3) is 0 Å². The minimum atomic E-state index is 0.0817. The normalized spacial score (nSPS) is 12.4. The van der Waals surface area contributed by atoms with Gasteiger partial charge in [-0.3, -0.25) is 4.98 Å². The molecule has 2 aromatic heterocycles. The summed E-state index contributed by atoms with van der Waals surface area (Å²) in [5.41, 5.74) is 4.49. The lowest BCUT2D eigenvalue weighted by Crippen LogP contribution is -2.16. The topological polar surface area (TPSA) is 38.7 Å². The van der Waals surface area contributed by atoms with Gasteiger partial charge in [0.1, 0.15) is 5.52 Å².